The molecule has 0 heterocycles. The van der Waals surface area contributed by atoms with Gasteiger partial charge in [0.25, 0.3) is 0 Å². The molecule has 0 spiro atoms. The van der Waals surface area contributed by atoms with E-state index in [1.54, 1.807) is 6.07 Å². The summed E-state index contributed by atoms with van der Waals surface area (Å²) >= 11 is 0. The lowest BCUT2D eigenvalue weighted by molar-refractivity contribution is 0.246. The van der Waals surface area contributed by atoms with E-state index in [0.717, 1.165) is 49.4 Å². The number of ether oxygens (including phenoxy) is 1. The summed E-state index contributed by atoms with van der Waals surface area (Å²) in [6.07, 6.45) is 9.13. The van der Waals surface area contributed by atoms with Crippen LogP contribution in [0, 0.1) is 58.3 Å². The number of rotatable bonds is 10. The fourth-order valence-electron chi connectivity index (χ4n) is 6.16. The molecule has 1 aliphatic carbocycles. The SMILES string of the molecule is CCCCCC1CCC(c2ccc(-c3ccc(-c4cc(F)c(COc5c(F)c(F)c(F)c(F)c5F)c(F)c4)c(F)c3)c(F)c2)CC1. The molecule has 1 nitrogen and oxygen atoms in total. The lowest BCUT2D eigenvalue weighted by atomic mass is 9.77. The smallest absolute Gasteiger partial charge is 0.207 e. The Morgan fingerprint density at radius 1 is 0.587 bits per heavy atom. The highest BCUT2D eigenvalue weighted by molar-refractivity contribution is 5.72. The molecule has 0 unspecified atom stereocenters. The van der Waals surface area contributed by atoms with Gasteiger partial charge in [-0.05, 0) is 78.5 Å². The monoisotopic (exact) mass is 650 g/mol. The number of hydrogen-bond donors (Lipinski definition) is 0. The average molecular weight is 651 g/mol. The van der Waals surface area contributed by atoms with E-state index >= 15 is 8.78 Å². The second-order valence-corrected chi connectivity index (χ2v) is 11.8. The van der Waals surface area contributed by atoms with Crippen molar-refractivity contribution in [1.29, 1.82) is 0 Å². The quantitative estimate of drug-likeness (QED) is 0.0718. The van der Waals surface area contributed by atoms with Crippen molar-refractivity contribution in [2.24, 2.45) is 5.92 Å². The van der Waals surface area contributed by atoms with E-state index in [4.69, 9.17) is 0 Å². The minimum Gasteiger partial charge on any atom is -0.482 e. The first kappa shape index (κ1) is 33.4. The molecule has 1 fully saturated rings. The third-order valence-corrected chi connectivity index (χ3v) is 8.79. The normalized spacial score (nSPS) is 16.6. The Bertz CT molecular complexity index is 1680. The minimum absolute atomic E-state index is 0.167. The molecule has 0 radical (unpaired) electrons. The molecule has 244 valence electrons. The predicted octanol–water partition coefficient (Wildman–Crippen LogP) is 11.7. The number of unbranched alkanes of at least 4 members (excludes halogenated alkanes) is 2. The molecule has 0 N–H and O–H groups in total. The van der Waals surface area contributed by atoms with Gasteiger partial charge in [0.15, 0.2) is 5.75 Å². The highest BCUT2D eigenvalue weighted by Gasteiger charge is 2.28. The van der Waals surface area contributed by atoms with E-state index in [1.807, 2.05) is 6.07 Å². The Hall–Kier alpha value is -3.95. The van der Waals surface area contributed by atoms with Crippen molar-refractivity contribution >= 4 is 0 Å². The molecule has 0 aromatic heterocycles. The summed E-state index contributed by atoms with van der Waals surface area (Å²) in [5.41, 5.74) is -0.0711. The zero-order valence-electron chi connectivity index (χ0n) is 24.9. The van der Waals surface area contributed by atoms with Gasteiger partial charge >= 0.3 is 0 Å². The molecule has 10 heteroatoms. The summed E-state index contributed by atoms with van der Waals surface area (Å²) in [4.78, 5) is 0. The van der Waals surface area contributed by atoms with Crippen LogP contribution < -0.4 is 4.74 Å². The van der Waals surface area contributed by atoms with E-state index in [9.17, 15) is 30.7 Å². The van der Waals surface area contributed by atoms with Crippen LogP contribution in [0.1, 0.15) is 75.3 Å². The van der Waals surface area contributed by atoms with Crippen LogP contribution in [0.4, 0.5) is 39.5 Å². The molecule has 46 heavy (non-hydrogen) atoms. The van der Waals surface area contributed by atoms with Crippen LogP contribution in [0.25, 0.3) is 22.3 Å². The Morgan fingerprint density at radius 2 is 1.13 bits per heavy atom. The Morgan fingerprint density at radius 3 is 1.72 bits per heavy atom. The molecule has 0 bridgehead atoms. The first-order valence-corrected chi connectivity index (χ1v) is 15.2. The molecule has 4 aromatic carbocycles. The summed E-state index contributed by atoms with van der Waals surface area (Å²) in [7, 11) is 0. The zero-order valence-corrected chi connectivity index (χ0v) is 24.9. The Labute approximate surface area is 261 Å². The van der Waals surface area contributed by atoms with Crippen LogP contribution in [-0.2, 0) is 6.61 Å². The topological polar surface area (TPSA) is 9.23 Å². The molecule has 1 saturated carbocycles. The van der Waals surface area contributed by atoms with Gasteiger partial charge in [0, 0.05) is 11.1 Å². The summed E-state index contributed by atoms with van der Waals surface area (Å²) in [6, 6.07) is 10.1. The van der Waals surface area contributed by atoms with Gasteiger partial charge in [-0.2, -0.15) is 8.78 Å². The fraction of sp³-hybridized carbons (Fsp3) is 0.333. The molecule has 1 aliphatic rings. The van der Waals surface area contributed by atoms with Gasteiger partial charge in [0.05, 0.1) is 5.56 Å². The van der Waals surface area contributed by atoms with Gasteiger partial charge in [-0.1, -0.05) is 56.9 Å². The van der Waals surface area contributed by atoms with E-state index in [0.29, 0.717) is 5.92 Å². The number of halogens is 9. The molecule has 0 aliphatic heterocycles. The van der Waals surface area contributed by atoms with Crippen LogP contribution in [0.3, 0.4) is 0 Å². The van der Waals surface area contributed by atoms with Crippen LogP contribution in [-0.4, -0.2) is 0 Å². The Balaban J connectivity index is 1.30. The van der Waals surface area contributed by atoms with Crippen LogP contribution in [0.2, 0.25) is 0 Å². The predicted molar refractivity (Wildman–Crippen MR) is 157 cm³/mol. The number of hydrogen-bond acceptors (Lipinski definition) is 1. The molecule has 0 saturated heterocycles. The third-order valence-electron chi connectivity index (χ3n) is 8.79. The van der Waals surface area contributed by atoms with E-state index in [2.05, 4.69) is 11.7 Å². The van der Waals surface area contributed by atoms with Crippen LogP contribution in [0.15, 0.2) is 48.5 Å². The van der Waals surface area contributed by atoms with Crippen molar-refractivity contribution < 1.29 is 44.3 Å². The first-order chi connectivity index (χ1) is 22.0. The maximum absolute atomic E-state index is 15.2. The lowest BCUT2D eigenvalue weighted by Crippen LogP contribution is -2.13. The summed E-state index contributed by atoms with van der Waals surface area (Å²) < 4.78 is 133. The zero-order chi connectivity index (χ0) is 33.1. The molecular formula is C36H31F9O. The van der Waals surface area contributed by atoms with Gasteiger partial charge in [0.2, 0.25) is 29.1 Å². The first-order valence-electron chi connectivity index (χ1n) is 15.2. The second-order valence-electron chi connectivity index (χ2n) is 11.8. The highest BCUT2D eigenvalue weighted by Crippen LogP contribution is 2.39. The van der Waals surface area contributed by atoms with E-state index in [1.165, 1.54) is 43.9 Å². The van der Waals surface area contributed by atoms with Gasteiger partial charge in [-0.15, -0.1) is 0 Å². The van der Waals surface area contributed by atoms with Gasteiger partial charge in [-0.3, -0.25) is 0 Å². The van der Waals surface area contributed by atoms with Crippen molar-refractivity contribution in [2.75, 3.05) is 0 Å². The number of benzene rings is 4. The molecule has 0 amide bonds. The average Bonchev–Trinajstić information content (AvgIpc) is 3.04. The highest BCUT2D eigenvalue weighted by atomic mass is 19.2. The standard InChI is InChI=1S/C36H31F9O/c1-2-3-4-5-19-6-8-20(9-7-19)21-10-12-24(27(37)14-21)22-11-13-25(28(38)15-22)23-16-29(39)26(30(40)17-23)18-46-36-34(44)32(42)31(41)33(43)35(36)45/h10-17,19-20H,2-9,18H2,1H3. The van der Waals surface area contributed by atoms with Crippen molar-refractivity contribution in [3.8, 4) is 28.0 Å². The van der Waals surface area contributed by atoms with Crippen molar-refractivity contribution in [3.63, 3.8) is 0 Å². The van der Waals surface area contributed by atoms with Crippen LogP contribution in [0.5, 0.6) is 5.75 Å². The molecule has 5 rings (SSSR count). The van der Waals surface area contributed by atoms with Crippen molar-refractivity contribution in [2.45, 2.75) is 70.8 Å². The van der Waals surface area contributed by atoms with Gasteiger partial charge in [-0.25, -0.2) is 30.7 Å². The van der Waals surface area contributed by atoms with Crippen molar-refractivity contribution in [1.82, 2.24) is 0 Å². The maximum Gasteiger partial charge on any atom is 0.207 e. The molecule has 0 atom stereocenters. The van der Waals surface area contributed by atoms with Gasteiger partial charge in [0.1, 0.15) is 29.9 Å². The van der Waals surface area contributed by atoms with E-state index in [-0.39, 0.29) is 28.2 Å². The fourth-order valence-corrected chi connectivity index (χ4v) is 6.16. The summed E-state index contributed by atoms with van der Waals surface area (Å²) in [6.45, 7) is 0.957. The second kappa shape index (κ2) is 14.2. The third kappa shape index (κ3) is 6.90. The lowest BCUT2D eigenvalue weighted by Gasteiger charge is -2.29. The minimum atomic E-state index is -2.41. The largest absolute Gasteiger partial charge is 0.482 e. The van der Waals surface area contributed by atoms with Crippen molar-refractivity contribution in [3.05, 3.63) is 112 Å². The molecular weight excluding hydrogens is 619 g/mol. The maximum atomic E-state index is 15.2. The van der Waals surface area contributed by atoms with Gasteiger partial charge < -0.3 is 4.74 Å². The summed E-state index contributed by atoms with van der Waals surface area (Å²) in [5.74, 6) is -16.4. The Kier molecular flexibility index (Phi) is 10.3. The van der Waals surface area contributed by atoms with Crippen LogP contribution >= 0.6 is 0 Å². The van der Waals surface area contributed by atoms with E-state index < -0.39 is 70.3 Å². The summed E-state index contributed by atoms with van der Waals surface area (Å²) in [5, 5.41) is 0. The molecule has 4 aromatic rings.